The molecular formula is C15H20. The van der Waals surface area contributed by atoms with E-state index in [1.807, 2.05) is 0 Å². The van der Waals surface area contributed by atoms with E-state index in [1.54, 1.807) is 0 Å². The molecule has 2 rings (SSSR count). The molecular weight excluding hydrogens is 180 g/mol. The second-order valence-electron chi connectivity index (χ2n) is 4.88. The average Bonchev–Trinajstić information content (AvgIpc) is 2.97. The van der Waals surface area contributed by atoms with Crippen molar-refractivity contribution in [2.24, 2.45) is 5.41 Å². The molecule has 0 atom stereocenters. The summed E-state index contributed by atoms with van der Waals surface area (Å²) >= 11 is 0. The summed E-state index contributed by atoms with van der Waals surface area (Å²) < 4.78 is 0. The van der Waals surface area contributed by atoms with Gasteiger partial charge in [-0.1, -0.05) is 31.7 Å². The first-order chi connectivity index (χ1) is 7.10. The first-order valence-corrected chi connectivity index (χ1v) is 5.87. The van der Waals surface area contributed by atoms with Gasteiger partial charge in [-0.05, 0) is 60.8 Å². The van der Waals surface area contributed by atoms with E-state index in [0.717, 1.165) is 0 Å². The SMILES string of the molecule is C=C(c1c(C)cccc1C)C1(CC)CC1. The molecule has 1 aliphatic carbocycles. The van der Waals surface area contributed by atoms with Crippen LogP contribution in [0.2, 0.25) is 0 Å². The van der Waals surface area contributed by atoms with Crippen LogP contribution in [0.3, 0.4) is 0 Å². The maximum absolute atomic E-state index is 4.35. The Balaban J connectivity index is 2.42. The summed E-state index contributed by atoms with van der Waals surface area (Å²) in [6.07, 6.45) is 3.89. The van der Waals surface area contributed by atoms with E-state index in [2.05, 4.69) is 45.5 Å². The van der Waals surface area contributed by atoms with Gasteiger partial charge in [0.05, 0.1) is 0 Å². The summed E-state index contributed by atoms with van der Waals surface area (Å²) in [6, 6.07) is 6.52. The predicted octanol–water partition coefficient (Wildman–Crippen LogP) is 4.51. The maximum atomic E-state index is 4.35. The average molecular weight is 200 g/mol. The van der Waals surface area contributed by atoms with Gasteiger partial charge in [-0.2, -0.15) is 0 Å². The number of rotatable bonds is 3. The van der Waals surface area contributed by atoms with E-state index in [-0.39, 0.29) is 0 Å². The zero-order valence-electron chi connectivity index (χ0n) is 10.1. The highest BCUT2D eigenvalue weighted by Crippen LogP contribution is 2.58. The van der Waals surface area contributed by atoms with E-state index in [4.69, 9.17) is 0 Å². The highest BCUT2D eigenvalue weighted by molar-refractivity contribution is 5.75. The van der Waals surface area contributed by atoms with E-state index >= 15 is 0 Å². The molecule has 15 heavy (non-hydrogen) atoms. The molecule has 1 aliphatic rings. The minimum atomic E-state index is 0.441. The van der Waals surface area contributed by atoms with Gasteiger partial charge in [-0.3, -0.25) is 0 Å². The summed E-state index contributed by atoms with van der Waals surface area (Å²) in [5.74, 6) is 0. The van der Waals surface area contributed by atoms with Gasteiger partial charge in [0.1, 0.15) is 0 Å². The molecule has 0 radical (unpaired) electrons. The van der Waals surface area contributed by atoms with Gasteiger partial charge in [-0.25, -0.2) is 0 Å². The van der Waals surface area contributed by atoms with Crippen LogP contribution in [0.4, 0.5) is 0 Å². The van der Waals surface area contributed by atoms with Gasteiger partial charge in [-0.15, -0.1) is 0 Å². The van der Waals surface area contributed by atoms with Crippen LogP contribution in [-0.2, 0) is 0 Å². The molecule has 0 aromatic heterocycles. The van der Waals surface area contributed by atoms with Crippen molar-refractivity contribution in [3.63, 3.8) is 0 Å². The molecule has 0 heterocycles. The Morgan fingerprint density at radius 3 is 2.20 bits per heavy atom. The molecule has 0 N–H and O–H groups in total. The van der Waals surface area contributed by atoms with Crippen molar-refractivity contribution in [3.05, 3.63) is 41.5 Å². The third-order valence-electron chi connectivity index (χ3n) is 3.95. The van der Waals surface area contributed by atoms with Crippen molar-refractivity contribution in [1.82, 2.24) is 0 Å². The first kappa shape index (κ1) is 10.5. The van der Waals surface area contributed by atoms with Crippen LogP contribution in [0, 0.1) is 19.3 Å². The Labute approximate surface area is 93.0 Å². The number of hydrogen-bond acceptors (Lipinski definition) is 0. The van der Waals surface area contributed by atoms with E-state index in [0.29, 0.717) is 5.41 Å². The molecule has 0 bridgehead atoms. The van der Waals surface area contributed by atoms with Crippen molar-refractivity contribution in [2.75, 3.05) is 0 Å². The zero-order chi connectivity index (χ0) is 11.1. The quantitative estimate of drug-likeness (QED) is 0.673. The third kappa shape index (κ3) is 1.62. The topological polar surface area (TPSA) is 0 Å². The van der Waals surface area contributed by atoms with Crippen molar-refractivity contribution >= 4 is 5.57 Å². The normalized spacial score (nSPS) is 17.5. The molecule has 1 aromatic carbocycles. The van der Waals surface area contributed by atoms with Gasteiger partial charge in [0.25, 0.3) is 0 Å². The Bertz CT molecular complexity index is 374. The molecule has 1 saturated carbocycles. The number of benzene rings is 1. The minimum Gasteiger partial charge on any atom is -0.0946 e. The van der Waals surface area contributed by atoms with Crippen molar-refractivity contribution in [1.29, 1.82) is 0 Å². The predicted molar refractivity (Wildman–Crippen MR) is 66.9 cm³/mol. The van der Waals surface area contributed by atoms with Gasteiger partial charge in [0, 0.05) is 0 Å². The molecule has 0 unspecified atom stereocenters. The van der Waals surface area contributed by atoms with Crippen LogP contribution >= 0.6 is 0 Å². The standard InChI is InChI=1S/C15H20/c1-5-15(9-10-15)13(4)14-11(2)7-6-8-12(14)3/h6-8H,4-5,9-10H2,1-3H3. The minimum absolute atomic E-state index is 0.441. The summed E-state index contributed by atoms with van der Waals surface area (Å²) in [4.78, 5) is 0. The van der Waals surface area contributed by atoms with Gasteiger partial charge < -0.3 is 0 Å². The van der Waals surface area contributed by atoms with E-state index in [9.17, 15) is 0 Å². The smallest absolute Gasteiger partial charge is 0.00487 e. The number of aryl methyl sites for hydroxylation is 2. The van der Waals surface area contributed by atoms with Crippen LogP contribution in [0.15, 0.2) is 24.8 Å². The lowest BCUT2D eigenvalue weighted by Crippen LogP contribution is -2.04. The van der Waals surface area contributed by atoms with Gasteiger partial charge in [0.2, 0.25) is 0 Å². The lowest BCUT2D eigenvalue weighted by Gasteiger charge is -2.20. The molecule has 80 valence electrons. The lowest BCUT2D eigenvalue weighted by atomic mass is 9.84. The van der Waals surface area contributed by atoms with Crippen LogP contribution in [0.25, 0.3) is 5.57 Å². The fourth-order valence-electron chi connectivity index (χ4n) is 2.58. The van der Waals surface area contributed by atoms with Crippen molar-refractivity contribution in [2.45, 2.75) is 40.0 Å². The van der Waals surface area contributed by atoms with Crippen molar-refractivity contribution < 1.29 is 0 Å². The maximum Gasteiger partial charge on any atom is -0.00487 e. The number of allylic oxidation sites excluding steroid dienone is 1. The van der Waals surface area contributed by atoms with Crippen LogP contribution in [0.5, 0.6) is 0 Å². The Kier molecular flexibility index (Phi) is 2.46. The third-order valence-corrected chi connectivity index (χ3v) is 3.95. The van der Waals surface area contributed by atoms with Gasteiger partial charge in [0.15, 0.2) is 0 Å². The molecule has 1 fully saturated rings. The summed E-state index contributed by atoms with van der Waals surface area (Å²) in [5, 5.41) is 0. The highest BCUT2D eigenvalue weighted by Gasteiger charge is 2.44. The van der Waals surface area contributed by atoms with Gasteiger partial charge >= 0.3 is 0 Å². The van der Waals surface area contributed by atoms with Crippen LogP contribution in [-0.4, -0.2) is 0 Å². The fraction of sp³-hybridized carbons (Fsp3) is 0.467. The molecule has 0 amide bonds. The lowest BCUT2D eigenvalue weighted by molar-refractivity contribution is 0.646. The fourth-order valence-corrected chi connectivity index (χ4v) is 2.58. The Morgan fingerprint density at radius 2 is 1.80 bits per heavy atom. The van der Waals surface area contributed by atoms with E-state index < -0.39 is 0 Å². The summed E-state index contributed by atoms with van der Waals surface area (Å²) in [7, 11) is 0. The molecule has 0 saturated heterocycles. The zero-order valence-corrected chi connectivity index (χ0v) is 10.1. The second-order valence-corrected chi connectivity index (χ2v) is 4.88. The molecule has 1 aromatic rings. The largest absolute Gasteiger partial charge is 0.0946 e. The van der Waals surface area contributed by atoms with Crippen LogP contribution < -0.4 is 0 Å². The highest BCUT2D eigenvalue weighted by atomic mass is 14.5. The van der Waals surface area contributed by atoms with Crippen LogP contribution in [0.1, 0.15) is 42.9 Å². The monoisotopic (exact) mass is 200 g/mol. The number of hydrogen-bond donors (Lipinski definition) is 0. The van der Waals surface area contributed by atoms with Crippen molar-refractivity contribution in [3.8, 4) is 0 Å². The summed E-state index contributed by atoms with van der Waals surface area (Å²) in [5.41, 5.74) is 5.98. The molecule has 0 aliphatic heterocycles. The molecule has 0 heteroatoms. The van der Waals surface area contributed by atoms with E-state index in [1.165, 1.54) is 41.5 Å². The molecule has 0 nitrogen and oxygen atoms in total. The Morgan fingerprint density at radius 1 is 1.27 bits per heavy atom. The Hall–Kier alpha value is -1.04. The first-order valence-electron chi connectivity index (χ1n) is 5.87. The second kappa shape index (κ2) is 3.52. The molecule has 0 spiro atoms. The summed E-state index contributed by atoms with van der Waals surface area (Å²) in [6.45, 7) is 11.0.